The van der Waals surface area contributed by atoms with E-state index in [0.29, 0.717) is 35.9 Å². The first kappa shape index (κ1) is 21.2. The molecule has 4 N–H and O–H groups in total. The molecule has 0 radical (unpaired) electrons. The number of hydrogen-bond donors (Lipinski definition) is 3. The SMILES string of the molecule is Cc1ncccc1CNc1cc(Nc2ccc(N3CCCCC3=O)cn2)ncc1C(N)=O. The number of piperidine rings is 1. The number of carbonyl (C=O) groups is 2. The third-order valence-corrected chi connectivity index (χ3v) is 5.39. The molecule has 0 bridgehead atoms. The highest BCUT2D eigenvalue weighted by Gasteiger charge is 2.19. The molecule has 3 aromatic rings. The summed E-state index contributed by atoms with van der Waals surface area (Å²) in [6.07, 6.45) is 7.35. The van der Waals surface area contributed by atoms with Crippen molar-refractivity contribution in [2.45, 2.75) is 32.7 Å². The smallest absolute Gasteiger partial charge is 0.252 e. The minimum Gasteiger partial charge on any atom is -0.380 e. The molecule has 0 atom stereocenters. The average molecular weight is 432 g/mol. The Morgan fingerprint density at radius 1 is 1.12 bits per heavy atom. The van der Waals surface area contributed by atoms with Crippen molar-refractivity contribution in [1.82, 2.24) is 15.0 Å². The van der Waals surface area contributed by atoms with Gasteiger partial charge in [-0.3, -0.25) is 14.6 Å². The largest absolute Gasteiger partial charge is 0.380 e. The van der Waals surface area contributed by atoms with Crippen LogP contribution in [0.2, 0.25) is 0 Å². The Balaban J connectivity index is 1.50. The topological polar surface area (TPSA) is 126 Å². The third-order valence-electron chi connectivity index (χ3n) is 5.39. The molecule has 1 aliphatic rings. The van der Waals surface area contributed by atoms with E-state index in [1.165, 1.54) is 6.20 Å². The number of amides is 2. The second-order valence-electron chi connectivity index (χ2n) is 7.61. The van der Waals surface area contributed by atoms with Crippen molar-refractivity contribution in [3.05, 3.63) is 65.7 Å². The highest BCUT2D eigenvalue weighted by Crippen LogP contribution is 2.24. The van der Waals surface area contributed by atoms with Gasteiger partial charge in [0.1, 0.15) is 11.6 Å². The molecule has 9 heteroatoms. The van der Waals surface area contributed by atoms with Crippen LogP contribution in [0, 0.1) is 6.92 Å². The fourth-order valence-corrected chi connectivity index (χ4v) is 3.59. The zero-order valence-electron chi connectivity index (χ0n) is 17.8. The Kier molecular flexibility index (Phi) is 6.25. The number of rotatable bonds is 7. The first-order valence-electron chi connectivity index (χ1n) is 10.5. The van der Waals surface area contributed by atoms with E-state index < -0.39 is 5.91 Å². The van der Waals surface area contributed by atoms with Gasteiger partial charge in [0.25, 0.3) is 5.91 Å². The lowest BCUT2D eigenvalue weighted by molar-refractivity contribution is -0.119. The number of aromatic nitrogens is 3. The summed E-state index contributed by atoms with van der Waals surface area (Å²) in [5.41, 5.74) is 9.08. The number of nitrogens with zero attached hydrogens (tertiary/aromatic N) is 4. The summed E-state index contributed by atoms with van der Waals surface area (Å²) < 4.78 is 0. The summed E-state index contributed by atoms with van der Waals surface area (Å²) >= 11 is 0. The Morgan fingerprint density at radius 2 is 1.97 bits per heavy atom. The van der Waals surface area contributed by atoms with Gasteiger partial charge in [0.05, 0.1) is 23.1 Å². The van der Waals surface area contributed by atoms with E-state index in [0.717, 1.165) is 36.3 Å². The van der Waals surface area contributed by atoms with Gasteiger partial charge in [0.2, 0.25) is 5.91 Å². The molecular formula is C23H25N7O2. The van der Waals surface area contributed by atoms with E-state index >= 15 is 0 Å². The molecule has 2 amide bonds. The Bertz CT molecular complexity index is 1130. The maximum absolute atomic E-state index is 12.1. The summed E-state index contributed by atoms with van der Waals surface area (Å²) in [5.74, 6) is 0.645. The highest BCUT2D eigenvalue weighted by molar-refractivity contribution is 5.98. The fourth-order valence-electron chi connectivity index (χ4n) is 3.59. The number of nitrogens with one attached hydrogen (secondary N) is 2. The molecule has 4 rings (SSSR count). The van der Waals surface area contributed by atoms with Crippen molar-refractivity contribution < 1.29 is 9.59 Å². The molecule has 1 saturated heterocycles. The molecule has 0 saturated carbocycles. The van der Waals surface area contributed by atoms with Gasteiger partial charge in [-0.25, -0.2) is 9.97 Å². The van der Waals surface area contributed by atoms with Crippen LogP contribution in [0.15, 0.2) is 48.9 Å². The molecule has 0 aromatic carbocycles. The second kappa shape index (κ2) is 9.42. The van der Waals surface area contributed by atoms with Gasteiger partial charge >= 0.3 is 0 Å². The molecule has 3 aromatic heterocycles. The number of nitrogens with two attached hydrogens (primary N) is 1. The lowest BCUT2D eigenvalue weighted by atomic mass is 10.1. The average Bonchev–Trinajstić information content (AvgIpc) is 2.79. The number of aryl methyl sites for hydroxylation is 1. The number of carbonyl (C=O) groups excluding carboxylic acids is 2. The molecular weight excluding hydrogens is 406 g/mol. The maximum Gasteiger partial charge on any atom is 0.252 e. The molecule has 4 heterocycles. The Labute approximate surface area is 186 Å². The minimum absolute atomic E-state index is 0.127. The third kappa shape index (κ3) is 4.83. The van der Waals surface area contributed by atoms with Crippen molar-refractivity contribution in [2.24, 2.45) is 5.73 Å². The van der Waals surface area contributed by atoms with Gasteiger partial charge in [0.15, 0.2) is 0 Å². The van der Waals surface area contributed by atoms with Crippen molar-refractivity contribution in [1.29, 1.82) is 0 Å². The van der Waals surface area contributed by atoms with Crippen molar-refractivity contribution in [3.8, 4) is 0 Å². The highest BCUT2D eigenvalue weighted by atomic mass is 16.2. The first-order valence-corrected chi connectivity index (χ1v) is 10.5. The van der Waals surface area contributed by atoms with Gasteiger partial charge in [-0.2, -0.15) is 0 Å². The molecule has 0 spiro atoms. The summed E-state index contributed by atoms with van der Waals surface area (Å²) in [4.78, 5) is 38.7. The van der Waals surface area contributed by atoms with E-state index in [1.54, 1.807) is 29.4 Å². The Hall–Kier alpha value is -4.01. The van der Waals surface area contributed by atoms with Crippen LogP contribution in [0.3, 0.4) is 0 Å². The standard InChI is InChI=1S/C23H25N7O2/c1-15-16(5-4-9-25-15)12-26-19-11-21(28-14-18(19)23(24)32)29-20-8-7-17(13-27-20)30-10-3-2-6-22(30)31/h4-5,7-9,11,13-14H,2-3,6,10,12H2,1H3,(H2,24,32)(H2,26,27,28,29). The zero-order chi connectivity index (χ0) is 22.5. The van der Waals surface area contributed by atoms with Crippen LogP contribution < -0.4 is 21.3 Å². The van der Waals surface area contributed by atoms with Crippen molar-refractivity contribution >= 4 is 34.8 Å². The van der Waals surface area contributed by atoms with Crippen LogP contribution in [0.25, 0.3) is 0 Å². The number of pyridine rings is 3. The van der Waals surface area contributed by atoms with Crippen LogP contribution >= 0.6 is 0 Å². The first-order chi connectivity index (χ1) is 15.5. The van der Waals surface area contributed by atoms with E-state index in [4.69, 9.17) is 5.73 Å². The van der Waals surface area contributed by atoms with Crippen LogP contribution in [0.1, 0.15) is 40.9 Å². The molecule has 0 unspecified atom stereocenters. The second-order valence-corrected chi connectivity index (χ2v) is 7.61. The molecule has 1 fully saturated rings. The van der Waals surface area contributed by atoms with Crippen LogP contribution in [0.5, 0.6) is 0 Å². The molecule has 0 aliphatic carbocycles. The van der Waals surface area contributed by atoms with Crippen molar-refractivity contribution in [3.63, 3.8) is 0 Å². The molecule has 1 aliphatic heterocycles. The summed E-state index contributed by atoms with van der Waals surface area (Å²) in [6, 6.07) is 9.22. The predicted octanol–water partition coefficient (Wildman–Crippen LogP) is 3.15. The van der Waals surface area contributed by atoms with Gasteiger partial charge in [-0.05, 0) is 43.5 Å². The lowest BCUT2D eigenvalue weighted by Gasteiger charge is -2.26. The predicted molar refractivity (Wildman–Crippen MR) is 123 cm³/mol. The van der Waals surface area contributed by atoms with E-state index in [9.17, 15) is 9.59 Å². The van der Waals surface area contributed by atoms with E-state index in [-0.39, 0.29) is 5.91 Å². The quantitative estimate of drug-likeness (QED) is 0.524. The Morgan fingerprint density at radius 3 is 2.69 bits per heavy atom. The van der Waals surface area contributed by atoms with Gasteiger partial charge < -0.3 is 21.3 Å². The van der Waals surface area contributed by atoms with Gasteiger partial charge in [0, 0.05) is 43.7 Å². The summed E-state index contributed by atoms with van der Waals surface area (Å²) in [7, 11) is 0. The number of hydrogen-bond acceptors (Lipinski definition) is 7. The van der Waals surface area contributed by atoms with Gasteiger partial charge in [-0.1, -0.05) is 6.07 Å². The van der Waals surface area contributed by atoms with E-state index in [2.05, 4.69) is 25.6 Å². The van der Waals surface area contributed by atoms with Crippen molar-refractivity contribution in [2.75, 3.05) is 22.1 Å². The van der Waals surface area contributed by atoms with Crippen LogP contribution in [0.4, 0.5) is 23.0 Å². The monoisotopic (exact) mass is 431 g/mol. The minimum atomic E-state index is -0.567. The zero-order valence-corrected chi connectivity index (χ0v) is 17.8. The van der Waals surface area contributed by atoms with Crippen LogP contribution in [-0.4, -0.2) is 33.3 Å². The maximum atomic E-state index is 12.1. The summed E-state index contributed by atoms with van der Waals surface area (Å²) in [5, 5.41) is 6.38. The normalized spacial score (nSPS) is 13.7. The number of anilines is 4. The van der Waals surface area contributed by atoms with E-state index in [1.807, 2.05) is 25.1 Å². The van der Waals surface area contributed by atoms with Crippen LogP contribution in [-0.2, 0) is 11.3 Å². The summed E-state index contributed by atoms with van der Waals surface area (Å²) in [6.45, 7) is 3.13. The fraction of sp³-hybridized carbons (Fsp3) is 0.261. The molecule has 32 heavy (non-hydrogen) atoms. The molecule has 164 valence electrons. The van der Waals surface area contributed by atoms with Gasteiger partial charge in [-0.15, -0.1) is 0 Å². The number of primary amides is 1. The molecule has 9 nitrogen and oxygen atoms in total. The lowest BCUT2D eigenvalue weighted by Crippen LogP contribution is -2.35.